The Morgan fingerprint density at radius 3 is 1.18 bits per heavy atom. The van der Waals surface area contributed by atoms with E-state index in [-0.39, 0.29) is 138 Å². The van der Waals surface area contributed by atoms with Gasteiger partial charge in [0, 0.05) is 91.6 Å². The van der Waals surface area contributed by atoms with Gasteiger partial charge in [-0.05, 0) is 223 Å². The van der Waals surface area contributed by atoms with E-state index in [0.29, 0.717) is 80.9 Å². The van der Waals surface area contributed by atoms with E-state index < -0.39 is 20.2 Å². The predicted octanol–water partition coefficient (Wildman–Crippen LogP) is 14.9. The second-order valence-electron chi connectivity index (χ2n) is 27.4. The van der Waals surface area contributed by atoms with E-state index in [9.17, 15) is 55.2 Å². The molecule has 0 atom stereocenters. The third-order valence-electron chi connectivity index (χ3n) is 16.5. The Morgan fingerprint density at radius 2 is 0.789 bits per heavy atom. The van der Waals surface area contributed by atoms with Gasteiger partial charge in [0.25, 0.3) is 0 Å². The van der Waals surface area contributed by atoms with Crippen LogP contribution in [0, 0.1) is 13.8 Å². The summed E-state index contributed by atoms with van der Waals surface area (Å²) < 4.78 is 81.7. The number of allylic oxidation sites excluding steroid dienone is 2. The van der Waals surface area contributed by atoms with Crippen molar-refractivity contribution in [2.75, 3.05) is 98.3 Å². The normalized spacial score (nSPS) is 9.99. The van der Waals surface area contributed by atoms with E-state index in [1.54, 1.807) is 122 Å². The molecule has 0 radical (unpaired) electrons. The SMILES string of the molecule is CC(=O)c1cc(Br)ncc1O.CC(=O)c1cc(Br)ncc1OS(=O)(=O)c1ccc(C)cc1.CI.CON(C)C(C)=O.COc1cnc(-c2ccnc(N)n2)cc1-c1ccnc(N)n1.COc1cnc(Br)cc1C(C)=O.COc1cnc(C(=O)/C=C/N(C)C)cc1C(=O)/C=C/N(C)C.COc1cnc(C(C)=O)cc1C(C)=O.Cc1ccc(S(=O)(=O)Oc2ccc(Br)nc2)cc1.ClCCl.Nc1ccc(Br)nc1.[Li+].[OH-]. The number of hydrogen-bond donors (Lipinski definition) is 4. The van der Waals surface area contributed by atoms with Gasteiger partial charge in [-0.1, -0.05) is 58.0 Å². The molecule has 2 aromatic carbocycles. The van der Waals surface area contributed by atoms with Crippen molar-refractivity contribution in [2.24, 2.45) is 0 Å². The molecule has 0 bridgehead atoms. The van der Waals surface area contributed by atoms with Crippen molar-refractivity contribution in [2.45, 2.75) is 65.2 Å². The zero-order valence-corrected chi connectivity index (χ0v) is 93.5. The maximum Gasteiger partial charge on any atom is 1.00 e. The smallest absolute Gasteiger partial charge is 0.870 e. The van der Waals surface area contributed by atoms with Crippen LogP contribution in [0.2, 0.25) is 0 Å². The van der Waals surface area contributed by atoms with Crippen LogP contribution in [0.5, 0.6) is 40.2 Å². The first kappa shape index (κ1) is 130. The first-order chi connectivity index (χ1) is 66.0. The van der Waals surface area contributed by atoms with Gasteiger partial charge in [0.05, 0.1) is 141 Å². The Morgan fingerprint density at radius 1 is 0.415 bits per heavy atom. The number of halogens is 8. The fourth-order valence-corrected chi connectivity index (χ4v) is 12.9. The molecule has 12 rings (SSSR count). The van der Waals surface area contributed by atoms with Crippen molar-refractivity contribution in [1.29, 1.82) is 0 Å². The number of benzene rings is 2. The second-order valence-corrected chi connectivity index (χ2v) is 35.4. The molecular weight excluding hydrogens is 2360 g/mol. The summed E-state index contributed by atoms with van der Waals surface area (Å²) in [6, 6.07) is 32.1. The number of carbonyl (C=O) groups excluding carboxylic acids is 8. The molecule has 8 N–H and O–H groups in total. The van der Waals surface area contributed by atoms with Crippen molar-refractivity contribution in [1.82, 2.24) is 74.7 Å². The minimum Gasteiger partial charge on any atom is -0.870 e. The van der Waals surface area contributed by atoms with Gasteiger partial charge >= 0.3 is 39.1 Å². The van der Waals surface area contributed by atoms with Crippen LogP contribution in [0.25, 0.3) is 22.6 Å². The van der Waals surface area contributed by atoms with Gasteiger partial charge in [0.2, 0.25) is 23.6 Å². The molecule has 0 aliphatic heterocycles. The number of amides is 1. The standard InChI is InChI=1S/C16H21N3O3.C14H12BrNO4S.C14H13N7O.C12H10BrNO3S.C10H11NO3.C8H8BrNO2.C7H6BrNO2.C5H5BrN2.C4H9NO2.CH2Cl2.CH3I.Li.H2O/c1-18(2)8-6-14(20)12-10-13(17-11-16(12)22-5)15(21)7-9-19(3)4;1-9-3-5-11(6-4-9)21(18,19)20-13-8-16-14(15)7-12(13)10(2)17;1-22-12-7-19-11(10-3-5-18-14(16)21-10)6-8(12)9-2-4-17-13(15)20-9;1-9-2-5-11(6-3-9)18(15,16)17-10-4-7-12(13)14-8-10;1-6(12)8-4-9(7(2)13)11-5-10(8)14-3;1-5(11)6-3-8(9)10-4-7(6)12-2;1-4(10)5-2-7(8)9-3-6(5)11;6-5-2-1-4(7)3-8-5;1-4(6)5(2)7-3;2-1-3;1-2;;/h6-11H,1-5H3;3-8H,1-2H3;2-7H,1H3,(H2,15,17,20)(H2,16,18,21);2-8H,1H3;4-5H,1-3H3;3-4H,1-2H3;2-3,11H,1H3;1-3H,7H2;1-3H3;1H2;1H3;;1H2/q;;;;;;;;;;;+1;/p-1/b8-6+,9-7+;;;;;;;;;;;;. The monoisotopic (exact) mass is 2460 g/mol. The number of aryl methyl sites for hydroxylation is 2. The summed E-state index contributed by atoms with van der Waals surface area (Å²) in [6.07, 6.45) is 20.5. The first-order valence-corrected chi connectivity index (χ1v) is 49.6. The molecule has 0 aliphatic carbocycles. The van der Waals surface area contributed by atoms with Crippen molar-refractivity contribution in [3.05, 3.63) is 281 Å². The van der Waals surface area contributed by atoms with Crippen molar-refractivity contribution >= 4 is 210 Å². The molecule has 0 aliphatic rings. The maximum absolute atomic E-state index is 12.2. The van der Waals surface area contributed by atoms with E-state index in [1.807, 2.05) is 53.0 Å². The summed E-state index contributed by atoms with van der Waals surface area (Å²) in [4.78, 5) is 148. The van der Waals surface area contributed by atoms with Gasteiger partial charge in [-0.15, -0.1) is 23.2 Å². The number of aromatic hydroxyl groups is 1. The van der Waals surface area contributed by atoms with Crippen molar-refractivity contribution < 1.29 is 117 Å². The number of aromatic nitrogens is 12. The molecule has 0 fully saturated rings. The molecule has 0 saturated heterocycles. The zero-order valence-electron chi connectivity index (χ0n) is 80.3. The molecule has 10 heterocycles. The Hall–Kier alpha value is -11.8. The third-order valence-corrected chi connectivity index (χ3v) is 21.3. The maximum atomic E-state index is 12.2. The summed E-state index contributed by atoms with van der Waals surface area (Å²) >= 11 is 27.4. The molecule has 1 amide bonds. The molecule has 754 valence electrons. The number of methoxy groups -OCH3 is 4. The van der Waals surface area contributed by atoms with Crippen LogP contribution in [0.1, 0.15) is 125 Å². The molecule has 39 nitrogen and oxygen atoms in total. The number of alkyl halides is 3. The molecule has 0 saturated carbocycles. The van der Waals surface area contributed by atoms with Gasteiger partial charge in [0.1, 0.15) is 72.9 Å². The number of ketones is 7. The molecule has 142 heavy (non-hydrogen) atoms. The van der Waals surface area contributed by atoms with Crippen LogP contribution in [0.15, 0.2) is 241 Å². The fraction of sp³-hybridized carbons (Fsp3) is 0.217. The number of nitrogens with two attached hydrogens (primary N) is 3. The van der Waals surface area contributed by atoms with Gasteiger partial charge in [-0.3, -0.25) is 48.2 Å². The number of rotatable bonds is 24. The van der Waals surface area contributed by atoms with Crippen LogP contribution in [0.3, 0.4) is 0 Å². The Balaban J connectivity index is 0.00000159. The number of carbonyl (C=O) groups is 8. The van der Waals surface area contributed by atoms with E-state index in [0.717, 1.165) is 26.4 Å². The minimum atomic E-state index is -4.01. The molecule has 0 unspecified atom stereocenters. The molecule has 0 spiro atoms. The summed E-state index contributed by atoms with van der Waals surface area (Å²) in [5.74, 6) is 0.717. The largest absolute Gasteiger partial charge is 1.00 e. The van der Waals surface area contributed by atoms with E-state index in [2.05, 4.69) is 167 Å². The number of hydrogen-bond acceptors (Lipinski definition) is 38. The third kappa shape index (κ3) is 47.8. The predicted molar refractivity (Wildman–Crippen MR) is 562 cm³/mol. The first-order valence-electron chi connectivity index (χ1n) is 39.6. The van der Waals surface area contributed by atoms with Crippen molar-refractivity contribution in [3.63, 3.8) is 0 Å². The summed E-state index contributed by atoms with van der Waals surface area (Å²) in [5.41, 5.74) is 23.9. The van der Waals surface area contributed by atoms with Crippen LogP contribution in [-0.4, -0.2) is 230 Å². The summed E-state index contributed by atoms with van der Waals surface area (Å²) in [6.45, 7) is 12.2. The van der Waals surface area contributed by atoms with Gasteiger partial charge in [-0.2, -0.15) is 16.8 Å². The van der Waals surface area contributed by atoms with E-state index >= 15 is 0 Å². The minimum absolute atomic E-state index is 0. The average molecular weight is 2460 g/mol. The number of anilines is 3. The fourth-order valence-electron chi connectivity index (χ4n) is 9.60. The van der Waals surface area contributed by atoms with Crippen LogP contribution >= 0.6 is 125 Å². The number of nitrogens with zero attached hydrogens (tertiary/aromatic N) is 15. The Kier molecular flexibility index (Phi) is 62.0. The van der Waals surface area contributed by atoms with Crippen LogP contribution in [-0.2, 0) is 29.9 Å². The van der Waals surface area contributed by atoms with Gasteiger partial charge < -0.3 is 64.9 Å². The quantitative estimate of drug-likeness (QED) is 0.00638. The number of nitrogen functional groups attached to an aromatic ring is 3. The Bertz CT molecular complexity index is 6440. The van der Waals surface area contributed by atoms with E-state index in [1.165, 1.54) is 174 Å². The Labute approximate surface area is 900 Å². The van der Waals surface area contributed by atoms with Crippen LogP contribution < -0.4 is 63.4 Å². The number of hydroxylamine groups is 2. The van der Waals surface area contributed by atoms with E-state index in [4.69, 9.17) is 72.8 Å². The summed E-state index contributed by atoms with van der Waals surface area (Å²) in [7, 11) is 8.44. The van der Waals surface area contributed by atoms with Crippen LogP contribution in [0.4, 0.5) is 17.6 Å². The number of ether oxygens (including phenoxy) is 4. The molecule has 10 aromatic heterocycles. The second kappa shape index (κ2) is 67.6. The molecular formula is C92H101Br5Cl2ILiN18O21S2. The summed E-state index contributed by atoms with van der Waals surface area (Å²) in [5, 5.41) is 10.4. The van der Waals surface area contributed by atoms with Gasteiger partial charge in [0.15, 0.2) is 46.2 Å². The topological polar surface area (TPSA) is 562 Å². The number of Topliss-reactive ketones (excluding diaryl/α,β-unsaturated/α-hetero) is 5. The average Bonchev–Trinajstić information content (AvgIpc) is 0.444. The van der Waals surface area contributed by atoms with Gasteiger partial charge in [-0.25, -0.2) is 59.9 Å². The molecule has 12 aromatic rings. The zero-order chi connectivity index (χ0) is 106. The number of pyridine rings is 8. The molecule has 50 heteroatoms. The van der Waals surface area contributed by atoms with Crippen molar-refractivity contribution in [3.8, 4) is 62.9 Å².